The molecule has 2 aromatic rings. The number of rotatable bonds is 11. The summed E-state index contributed by atoms with van der Waals surface area (Å²) in [5, 5.41) is 9.57. The molecule has 0 unspecified atom stereocenters. The van der Waals surface area contributed by atoms with Crippen molar-refractivity contribution in [1.29, 1.82) is 5.26 Å². The molecular formula is C30H36N2O3. The minimum Gasteiger partial charge on any atom is -0.494 e. The predicted molar refractivity (Wildman–Crippen MR) is 138 cm³/mol. The second-order valence-corrected chi connectivity index (χ2v) is 9.44. The maximum atomic E-state index is 12.8. The molecular weight excluding hydrogens is 436 g/mol. The molecule has 2 aromatic carbocycles. The lowest BCUT2D eigenvalue weighted by molar-refractivity contribution is 0.0735. The van der Waals surface area contributed by atoms with Gasteiger partial charge in [0.25, 0.3) is 0 Å². The Labute approximate surface area is 209 Å². The summed E-state index contributed by atoms with van der Waals surface area (Å²) in [6, 6.07) is 12.8. The molecule has 0 bridgehead atoms. The number of nitrogens with zero attached hydrogens (tertiary/aromatic N) is 2. The number of hydrogen-bond donors (Lipinski definition) is 0. The van der Waals surface area contributed by atoms with Gasteiger partial charge in [-0.15, -0.1) is 0 Å². The zero-order valence-corrected chi connectivity index (χ0v) is 21.0. The van der Waals surface area contributed by atoms with E-state index in [-0.39, 0.29) is 17.0 Å². The average Bonchev–Trinajstić information content (AvgIpc) is 2.89. The molecule has 1 aliphatic carbocycles. The van der Waals surface area contributed by atoms with Crippen LogP contribution in [0.2, 0.25) is 0 Å². The summed E-state index contributed by atoms with van der Waals surface area (Å²) in [6.45, 7) is 12.3. The summed E-state index contributed by atoms with van der Waals surface area (Å²) >= 11 is 0. The van der Waals surface area contributed by atoms with Crippen LogP contribution in [-0.4, -0.2) is 12.6 Å². The van der Waals surface area contributed by atoms with Gasteiger partial charge in [0, 0.05) is 0 Å². The van der Waals surface area contributed by atoms with E-state index in [0.717, 1.165) is 18.8 Å². The number of esters is 1. The molecule has 0 aliphatic heterocycles. The van der Waals surface area contributed by atoms with Crippen molar-refractivity contribution in [2.24, 2.45) is 5.92 Å². The van der Waals surface area contributed by atoms with Crippen molar-refractivity contribution in [2.75, 3.05) is 6.61 Å². The van der Waals surface area contributed by atoms with E-state index in [1.165, 1.54) is 63.0 Å². The number of ether oxygens (including phenoxy) is 2. The average molecular weight is 473 g/mol. The van der Waals surface area contributed by atoms with Crippen molar-refractivity contribution in [3.05, 3.63) is 64.5 Å². The largest absolute Gasteiger partial charge is 0.494 e. The van der Waals surface area contributed by atoms with E-state index in [4.69, 9.17) is 16.0 Å². The number of carbonyl (C=O) groups excluding carboxylic acids is 1. The molecule has 5 heteroatoms. The van der Waals surface area contributed by atoms with Crippen LogP contribution in [-0.2, 0) is 0 Å². The molecule has 0 spiro atoms. The van der Waals surface area contributed by atoms with Gasteiger partial charge in [0.05, 0.1) is 24.8 Å². The third kappa shape index (κ3) is 7.09. The minimum absolute atomic E-state index is 0.00200. The van der Waals surface area contributed by atoms with Crippen molar-refractivity contribution in [2.45, 2.75) is 84.0 Å². The zero-order valence-electron chi connectivity index (χ0n) is 21.0. The highest BCUT2D eigenvalue weighted by atomic mass is 16.5. The maximum absolute atomic E-state index is 12.8. The third-order valence-corrected chi connectivity index (χ3v) is 6.96. The van der Waals surface area contributed by atoms with E-state index < -0.39 is 5.97 Å². The summed E-state index contributed by atoms with van der Waals surface area (Å²) < 4.78 is 11.2. The van der Waals surface area contributed by atoms with Crippen LogP contribution in [0.4, 0.5) is 5.69 Å². The predicted octanol–water partition coefficient (Wildman–Crippen LogP) is 8.36. The lowest BCUT2D eigenvalue weighted by Gasteiger charge is -2.29. The Balaban J connectivity index is 1.63. The molecule has 1 aliphatic rings. The van der Waals surface area contributed by atoms with Gasteiger partial charge in [-0.1, -0.05) is 58.1 Å². The first kappa shape index (κ1) is 26.3. The molecule has 35 heavy (non-hydrogen) atoms. The fraction of sp³-hybridized carbons (Fsp3) is 0.500. The number of benzene rings is 2. The summed E-state index contributed by atoms with van der Waals surface area (Å²) in [5.74, 6) is 1.30. The SMILES string of the molecule is [C-]#[N+]c1c(OC(=O)c2ccc(C3CCC(CCCCC)CC3)cc2)ccc(OCCCC)c1C#N. The van der Waals surface area contributed by atoms with Gasteiger partial charge >= 0.3 is 5.97 Å². The molecule has 0 amide bonds. The van der Waals surface area contributed by atoms with Crippen molar-refractivity contribution >= 4 is 11.7 Å². The molecule has 0 radical (unpaired) electrons. The van der Waals surface area contributed by atoms with E-state index in [9.17, 15) is 10.1 Å². The Kier molecular flexibility index (Phi) is 10.2. The smallest absolute Gasteiger partial charge is 0.342 e. The summed E-state index contributed by atoms with van der Waals surface area (Å²) in [7, 11) is 0. The van der Waals surface area contributed by atoms with Crippen LogP contribution in [0.3, 0.4) is 0 Å². The first-order valence-electron chi connectivity index (χ1n) is 13.0. The number of hydrogen-bond acceptors (Lipinski definition) is 4. The molecule has 1 saturated carbocycles. The maximum Gasteiger partial charge on any atom is 0.342 e. The van der Waals surface area contributed by atoms with Gasteiger partial charge in [-0.25, -0.2) is 9.64 Å². The van der Waals surface area contributed by atoms with Crippen molar-refractivity contribution in [3.63, 3.8) is 0 Å². The van der Waals surface area contributed by atoms with Gasteiger partial charge < -0.3 is 9.47 Å². The third-order valence-electron chi connectivity index (χ3n) is 6.96. The fourth-order valence-electron chi connectivity index (χ4n) is 4.82. The highest BCUT2D eigenvalue weighted by Gasteiger charge is 2.23. The quantitative estimate of drug-likeness (QED) is 0.143. The molecule has 0 heterocycles. The molecule has 0 saturated heterocycles. The van der Waals surface area contributed by atoms with Crippen LogP contribution < -0.4 is 9.47 Å². The zero-order chi connectivity index (χ0) is 25.0. The second-order valence-electron chi connectivity index (χ2n) is 9.44. The topological polar surface area (TPSA) is 63.7 Å². The Hall–Kier alpha value is -3.31. The second kappa shape index (κ2) is 13.5. The Bertz CT molecular complexity index is 1050. The van der Waals surface area contributed by atoms with E-state index in [1.54, 1.807) is 18.2 Å². The normalized spacial score (nSPS) is 17.3. The van der Waals surface area contributed by atoms with Crippen molar-refractivity contribution in [1.82, 2.24) is 0 Å². The number of nitriles is 1. The van der Waals surface area contributed by atoms with Crippen molar-refractivity contribution < 1.29 is 14.3 Å². The summed E-state index contributed by atoms with van der Waals surface area (Å²) in [4.78, 5) is 16.2. The van der Waals surface area contributed by atoms with Crippen LogP contribution >= 0.6 is 0 Å². The lowest BCUT2D eigenvalue weighted by Crippen LogP contribution is -2.14. The van der Waals surface area contributed by atoms with E-state index in [1.807, 2.05) is 25.1 Å². The molecule has 1 fully saturated rings. The monoisotopic (exact) mass is 472 g/mol. The molecule has 0 atom stereocenters. The van der Waals surface area contributed by atoms with Crippen molar-refractivity contribution in [3.8, 4) is 17.6 Å². The van der Waals surface area contributed by atoms with Gasteiger partial charge in [-0.3, -0.25) is 0 Å². The standard InChI is InChI=1S/C30H36N2O3/c1-4-6-8-9-22-10-12-23(13-11-22)24-14-16-25(17-15-24)30(33)35-28-19-18-27(34-20-7-5-2)26(21-31)29(28)32-3/h14-19,22-23H,4-13,20H2,1-2H3. The van der Waals surface area contributed by atoms with Gasteiger partial charge in [-0.05, 0) is 73.8 Å². The molecule has 0 N–H and O–H groups in total. The number of carbonyl (C=O) groups is 1. The van der Waals surface area contributed by atoms with E-state index >= 15 is 0 Å². The number of unbranched alkanes of at least 4 members (excludes halogenated alkanes) is 3. The molecule has 3 rings (SSSR count). The van der Waals surface area contributed by atoms with Crippen LogP contribution in [0.5, 0.6) is 11.5 Å². The Morgan fingerprint density at radius 1 is 1.00 bits per heavy atom. The van der Waals surface area contributed by atoms with Crippen LogP contribution in [0.1, 0.15) is 105 Å². The van der Waals surface area contributed by atoms with Gasteiger partial charge in [0.2, 0.25) is 5.69 Å². The van der Waals surface area contributed by atoms with E-state index in [0.29, 0.717) is 23.8 Å². The van der Waals surface area contributed by atoms with Crippen LogP contribution in [0.15, 0.2) is 36.4 Å². The first-order valence-corrected chi connectivity index (χ1v) is 13.0. The Morgan fingerprint density at radius 3 is 2.31 bits per heavy atom. The summed E-state index contributed by atoms with van der Waals surface area (Å²) in [6.07, 6.45) is 12.1. The van der Waals surface area contributed by atoms with E-state index in [2.05, 4.69) is 11.8 Å². The summed E-state index contributed by atoms with van der Waals surface area (Å²) in [5.41, 5.74) is 1.81. The molecule has 5 nitrogen and oxygen atoms in total. The highest BCUT2D eigenvalue weighted by molar-refractivity contribution is 5.92. The fourth-order valence-corrected chi connectivity index (χ4v) is 4.82. The highest BCUT2D eigenvalue weighted by Crippen LogP contribution is 2.39. The lowest BCUT2D eigenvalue weighted by atomic mass is 9.77. The molecule has 184 valence electrons. The Morgan fingerprint density at radius 2 is 1.69 bits per heavy atom. The van der Waals surface area contributed by atoms with Crippen LogP contribution in [0, 0.1) is 23.8 Å². The van der Waals surface area contributed by atoms with Crippen LogP contribution in [0.25, 0.3) is 4.85 Å². The van der Waals surface area contributed by atoms with Gasteiger partial charge in [-0.2, -0.15) is 5.26 Å². The van der Waals surface area contributed by atoms with Gasteiger partial charge in [0.15, 0.2) is 0 Å². The molecule has 0 aromatic heterocycles. The minimum atomic E-state index is -0.537. The first-order chi connectivity index (χ1) is 17.1. The van der Waals surface area contributed by atoms with Gasteiger partial charge in [0.1, 0.15) is 17.1 Å².